The van der Waals surface area contributed by atoms with Gasteiger partial charge in [-0.2, -0.15) is 0 Å². The number of rotatable bonds is 3. The van der Waals surface area contributed by atoms with Crippen LogP contribution in [-0.4, -0.2) is 22.3 Å². The molecule has 9 heavy (non-hydrogen) atoms. The molecule has 0 radical (unpaired) electrons. The van der Waals surface area contributed by atoms with E-state index in [0.717, 1.165) is 0 Å². The van der Waals surface area contributed by atoms with Crippen molar-refractivity contribution in [1.29, 1.82) is 0 Å². The molecule has 0 aliphatic rings. The molecule has 0 aromatic carbocycles. The molecule has 0 fully saturated rings. The van der Waals surface area contributed by atoms with Crippen LogP contribution in [0.1, 0.15) is 20.3 Å². The minimum Gasteiger partial charge on any atom is -0.365 e. The topological polar surface area (TPSA) is 57.5 Å². The van der Waals surface area contributed by atoms with Crippen LogP contribution in [0.2, 0.25) is 0 Å². The molecule has 1 unspecified atom stereocenters. The summed E-state index contributed by atoms with van der Waals surface area (Å²) < 4.78 is 0. The molecule has 0 aliphatic carbocycles. The Morgan fingerprint density at radius 1 is 1.67 bits per heavy atom. The van der Waals surface area contributed by atoms with Gasteiger partial charge < -0.3 is 15.0 Å². The predicted molar refractivity (Wildman–Crippen MR) is 32.7 cm³/mol. The molecule has 2 N–H and O–H groups in total. The van der Waals surface area contributed by atoms with Crippen LogP contribution in [0.15, 0.2) is 0 Å². The highest BCUT2D eigenvalue weighted by atomic mass is 16.5. The highest BCUT2D eigenvalue weighted by Gasteiger charge is 2.27. The third-order valence-corrected chi connectivity index (χ3v) is 1.45. The molecule has 0 amide bonds. The molecule has 3 nitrogen and oxygen atoms in total. The molecule has 0 aliphatic heterocycles. The Labute approximate surface area is 54.3 Å². The van der Waals surface area contributed by atoms with E-state index in [4.69, 9.17) is 10.2 Å². The van der Waals surface area contributed by atoms with E-state index in [-0.39, 0.29) is 6.42 Å². The fraction of sp³-hybridized carbons (Fsp3) is 0.833. The van der Waals surface area contributed by atoms with Gasteiger partial charge in [-0.1, -0.05) is 13.8 Å². The van der Waals surface area contributed by atoms with Crippen molar-refractivity contribution in [2.24, 2.45) is 5.92 Å². The Balaban J connectivity index is 3.95. The van der Waals surface area contributed by atoms with Crippen LogP contribution in [0.25, 0.3) is 0 Å². The second-order valence-electron chi connectivity index (χ2n) is 2.16. The van der Waals surface area contributed by atoms with E-state index in [1.807, 2.05) is 0 Å². The average molecular weight is 132 g/mol. The molecule has 0 spiro atoms. The maximum atomic E-state index is 9.99. The summed E-state index contributed by atoms with van der Waals surface area (Å²) in [5.41, 5.74) is 0. The van der Waals surface area contributed by atoms with Crippen LogP contribution in [-0.2, 0) is 4.79 Å². The van der Waals surface area contributed by atoms with Gasteiger partial charge in [0.1, 0.15) is 6.29 Å². The number of hydrogen-bond acceptors (Lipinski definition) is 3. The smallest absolute Gasteiger partial charge is 0.171 e. The number of carbonyl (C=O) groups excluding carboxylic acids is 1. The van der Waals surface area contributed by atoms with Crippen LogP contribution in [0.3, 0.4) is 0 Å². The van der Waals surface area contributed by atoms with E-state index in [9.17, 15) is 4.79 Å². The molecule has 0 aromatic rings. The summed E-state index contributed by atoms with van der Waals surface area (Å²) in [5, 5.41) is 17.8. The number of aldehydes is 1. The van der Waals surface area contributed by atoms with E-state index in [2.05, 4.69) is 0 Å². The minimum absolute atomic E-state index is 0.174. The molecule has 0 aromatic heterocycles. The monoisotopic (exact) mass is 132 g/mol. The number of aliphatic hydroxyl groups is 2. The summed E-state index contributed by atoms with van der Waals surface area (Å²) in [5.74, 6) is -2.52. The maximum Gasteiger partial charge on any atom is 0.171 e. The maximum absolute atomic E-state index is 9.99. The van der Waals surface area contributed by atoms with Gasteiger partial charge in [0.15, 0.2) is 5.79 Å². The first kappa shape index (κ1) is 8.59. The van der Waals surface area contributed by atoms with Gasteiger partial charge in [0, 0.05) is 0 Å². The summed E-state index contributed by atoms with van der Waals surface area (Å²) >= 11 is 0. The van der Waals surface area contributed by atoms with Gasteiger partial charge in [-0.25, -0.2) is 0 Å². The fourth-order valence-corrected chi connectivity index (χ4v) is 0.431. The SMILES string of the molecule is CCC(O)(O)C(C)C=O. The second kappa shape index (κ2) is 2.94. The van der Waals surface area contributed by atoms with Crippen molar-refractivity contribution in [3.05, 3.63) is 0 Å². The van der Waals surface area contributed by atoms with Crippen LogP contribution in [0.4, 0.5) is 0 Å². The first-order valence-corrected chi connectivity index (χ1v) is 2.94. The highest BCUT2D eigenvalue weighted by molar-refractivity contribution is 5.54. The first-order valence-electron chi connectivity index (χ1n) is 2.94. The number of carbonyl (C=O) groups is 1. The van der Waals surface area contributed by atoms with Crippen LogP contribution < -0.4 is 0 Å². The molecular weight excluding hydrogens is 120 g/mol. The Kier molecular flexibility index (Phi) is 2.81. The molecule has 0 bridgehead atoms. The van der Waals surface area contributed by atoms with Gasteiger partial charge in [0.05, 0.1) is 5.92 Å². The van der Waals surface area contributed by atoms with Crippen molar-refractivity contribution < 1.29 is 15.0 Å². The molecule has 54 valence electrons. The molecule has 0 saturated carbocycles. The van der Waals surface area contributed by atoms with Crippen molar-refractivity contribution in [3.63, 3.8) is 0 Å². The van der Waals surface area contributed by atoms with E-state index >= 15 is 0 Å². The van der Waals surface area contributed by atoms with E-state index in [1.54, 1.807) is 6.92 Å². The standard InChI is InChI=1S/C6H12O3/c1-3-6(8,9)5(2)4-7/h4-5,8-9H,3H2,1-2H3. The number of hydrogen-bond donors (Lipinski definition) is 2. The molecule has 1 atom stereocenters. The Bertz CT molecular complexity index is 98.5. The Morgan fingerprint density at radius 3 is 2.22 bits per heavy atom. The van der Waals surface area contributed by atoms with Crippen LogP contribution in [0, 0.1) is 5.92 Å². The Hall–Kier alpha value is -0.410. The van der Waals surface area contributed by atoms with Crippen molar-refractivity contribution in [1.82, 2.24) is 0 Å². The van der Waals surface area contributed by atoms with Crippen molar-refractivity contribution >= 4 is 6.29 Å². The third-order valence-electron chi connectivity index (χ3n) is 1.45. The van der Waals surface area contributed by atoms with Crippen molar-refractivity contribution in [3.8, 4) is 0 Å². The van der Waals surface area contributed by atoms with E-state index in [0.29, 0.717) is 6.29 Å². The quantitative estimate of drug-likeness (QED) is 0.417. The van der Waals surface area contributed by atoms with Gasteiger partial charge in [-0.3, -0.25) is 0 Å². The second-order valence-corrected chi connectivity index (χ2v) is 2.16. The lowest BCUT2D eigenvalue weighted by atomic mass is 10.0. The van der Waals surface area contributed by atoms with Gasteiger partial charge in [0.25, 0.3) is 0 Å². The average Bonchev–Trinajstić information content (AvgIpc) is 1.86. The highest BCUT2D eigenvalue weighted by Crippen LogP contribution is 2.14. The molecular formula is C6H12O3. The zero-order valence-corrected chi connectivity index (χ0v) is 5.66. The lowest BCUT2D eigenvalue weighted by Gasteiger charge is -2.22. The summed E-state index contributed by atoms with van der Waals surface area (Å²) in [6.07, 6.45) is 0.705. The van der Waals surface area contributed by atoms with Gasteiger partial charge in [0.2, 0.25) is 0 Å². The normalized spacial score (nSPS) is 15.1. The summed E-state index contributed by atoms with van der Waals surface area (Å²) in [4.78, 5) is 9.99. The summed E-state index contributed by atoms with van der Waals surface area (Å²) in [6, 6.07) is 0. The minimum atomic E-state index is -1.82. The third kappa shape index (κ3) is 2.11. The Morgan fingerprint density at radius 2 is 2.11 bits per heavy atom. The zero-order chi connectivity index (χ0) is 7.49. The summed E-state index contributed by atoms with van der Waals surface area (Å²) in [6.45, 7) is 3.08. The van der Waals surface area contributed by atoms with Crippen LogP contribution >= 0.6 is 0 Å². The molecule has 0 heterocycles. The zero-order valence-electron chi connectivity index (χ0n) is 5.66. The fourth-order valence-electron chi connectivity index (χ4n) is 0.431. The largest absolute Gasteiger partial charge is 0.365 e. The lowest BCUT2D eigenvalue weighted by Crippen LogP contribution is -2.35. The van der Waals surface area contributed by atoms with Crippen LogP contribution in [0.5, 0.6) is 0 Å². The van der Waals surface area contributed by atoms with E-state index < -0.39 is 11.7 Å². The predicted octanol–water partition coefficient (Wildman–Crippen LogP) is -0.0877. The molecule has 0 saturated heterocycles. The summed E-state index contributed by atoms with van der Waals surface area (Å²) in [7, 11) is 0. The lowest BCUT2D eigenvalue weighted by molar-refractivity contribution is -0.193. The first-order chi connectivity index (χ1) is 4.04. The van der Waals surface area contributed by atoms with Gasteiger partial charge >= 0.3 is 0 Å². The van der Waals surface area contributed by atoms with Gasteiger partial charge in [-0.05, 0) is 6.42 Å². The van der Waals surface area contributed by atoms with Gasteiger partial charge in [-0.15, -0.1) is 0 Å². The van der Waals surface area contributed by atoms with E-state index in [1.165, 1.54) is 6.92 Å². The van der Waals surface area contributed by atoms with Crippen molar-refractivity contribution in [2.45, 2.75) is 26.1 Å². The molecule has 0 rings (SSSR count). The van der Waals surface area contributed by atoms with Crippen molar-refractivity contribution in [2.75, 3.05) is 0 Å². The molecule has 3 heteroatoms.